The highest BCUT2D eigenvalue weighted by atomic mass is 35.5. The number of nitrogens with zero attached hydrogens (tertiary/aromatic N) is 2. The largest absolute Gasteiger partial charge is 0.416 e. The Balaban J connectivity index is 2.38. The van der Waals surface area contributed by atoms with Crippen LogP contribution in [0.15, 0.2) is 18.2 Å². The summed E-state index contributed by atoms with van der Waals surface area (Å²) in [5.41, 5.74) is 1.27. The number of benzene rings is 1. The van der Waals surface area contributed by atoms with E-state index < -0.39 is 17.6 Å². The van der Waals surface area contributed by atoms with Gasteiger partial charge in [0, 0.05) is 18.3 Å². The van der Waals surface area contributed by atoms with Crippen LogP contribution in [0.5, 0.6) is 0 Å². The number of hydrogen-bond acceptors (Lipinski definition) is 2. The van der Waals surface area contributed by atoms with Crippen LogP contribution in [0, 0.1) is 13.8 Å². The number of nitrogens with one attached hydrogen (secondary N) is 1. The molecule has 2 rings (SSSR count). The average Bonchev–Trinajstić information content (AvgIpc) is 2.83. The number of halogens is 4. The Morgan fingerprint density at radius 2 is 1.96 bits per heavy atom. The number of rotatable bonds is 3. The molecule has 1 aromatic carbocycles. The predicted molar refractivity (Wildman–Crippen MR) is 85.0 cm³/mol. The number of carbonyl (C=O) groups excluding carboxylic acids is 1. The van der Waals surface area contributed by atoms with E-state index in [1.807, 2.05) is 6.92 Å². The first kappa shape index (κ1) is 18.3. The summed E-state index contributed by atoms with van der Waals surface area (Å²) in [5, 5.41) is 6.89. The van der Waals surface area contributed by atoms with Gasteiger partial charge in [0.2, 0.25) is 0 Å². The standard InChI is InChI=1S/C16H17ClF3N3O/c1-8-14(9(2)22-21-8)10(3)23(4)15(24)12-7-11(16(18,19)20)5-6-13(12)17/h5-7,10H,1-4H3,(H,21,22)/t10-/m0/s1. The van der Waals surface area contributed by atoms with E-state index in [1.165, 1.54) is 11.9 Å². The second-order valence-electron chi connectivity index (χ2n) is 5.63. The number of alkyl halides is 3. The van der Waals surface area contributed by atoms with Crippen molar-refractivity contribution in [3.05, 3.63) is 51.3 Å². The van der Waals surface area contributed by atoms with Gasteiger partial charge in [-0.1, -0.05) is 11.6 Å². The molecule has 4 nitrogen and oxygen atoms in total. The molecule has 0 unspecified atom stereocenters. The summed E-state index contributed by atoms with van der Waals surface area (Å²) in [6.45, 7) is 5.40. The summed E-state index contributed by atoms with van der Waals surface area (Å²) < 4.78 is 38.6. The number of aromatic amines is 1. The molecule has 24 heavy (non-hydrogen) atoms. The summed E-state index contributed by atoms with van der Waals surface area (Å²) in [6.07, 6.45) is -4.54. The van der Waals surface area contributed by atoms with E-state index in [9.17, 15) is 18.0 Å². The van der Waals surface area contributed by atoms with E-state index in [4.69, 9.17) is 11.6 Å². The molecular weight excluding hydrogens is 343 g/mol. The van der Waals surface area contributed by atoms with Gasteiger partial charge in [0.1, 0.15) is 0 Å². The van der Waals surface area contributed by atoms with Gasteiger partial charge in [0.05, 0.1) is 27.9 Å². The van der Waals surface area contributed by atoms with Crippen LogP contribution in [-0.2, 0) is 6.18 Å². The molecule has 8 heteroatoms. The molecule has 130 valence electrons. The van der Waals surface area contributed by atoms with Crippen LogP contribution in [0.3, 0.4) is 0 Å². The van der Waals surface area contributed by atoms with Crippen LogP contribution in [0.4, 0.5) is 13.2 Å². The van der Waals surface area contributed by atoms with Crippen LogP contribution in [-0.4, -0.2) is 28.1 Å². The maximum atomic E-state index is 12.9. The molecule has 1 N–H and O–H groups in total. The van der Waals surface area contributed by atoms with Gasteiger partial charge in [0.25, 0.3) is 5.91 Å². The number of aryl methyl sites for hydroxylation is 2. The van der Waals surface area contributed by atoms with E-state index in [0.717, 1.165) is 35.2 Å². The molecule has 0 radical (unpaired) electrons. The summed E-state index contributed by atoms with van der Waals surface area (Å²) in [4.78, 5) is 14.0. The highest BCUT2D eigenvalue weighted by Gasteiger charge is 2.32. The highest BCUT2D eigenvalue weighted by molar-refractivity contribution is 6.33. The molecule has 1 atom stereocenters. The summed E-state index contributed by atoms with van der Waals surface area (Å²) in [7, 11) is 1.52. The number of aromatic nitrogens is 2. The Kier molecular flexibility index (Phi) is 4.94. The fourth-order valence-electron chi connectivity index (χ4n) is 2.60. The van der Waals surface area contributed by atoms with Crippen molar-refractivity contribution in [2.75, 3.05) is 7.05 Å². The number of H-pyrrole nitrogens is 1. The lowest BCUT2D eigenvalue weighted by Gasteiger charge is -2.26. The Labute approximate surface area is 142 Å². The lowest BCUT2D eigenvalue weighted by atomic mass is 10.0. The molecule has 1 aromatic heterocycles. The van der Waals surface area contributed by atoms with Crippen molar-refractivity contribution in [2.45, 2.75) is 33.0 Å². The van der Waals surface area contributed by atoms with Gasteiger partial charge >= 0.3 is 6.18 Å². The number of hydrogen-bond donors (Lipinski definition) is 1. The van der Waals surface area contributed by atoms with E-state index >= 15 is 0 Å². The topological polar surface area (TPSA) is 49.0 Å². The minimum absolute atomic E-state index is 0.0207. The van der Waals surface area contributed by atoms with Crippen molar-refractivity contribution >= 4 is 17.5 Å². The SMILES string of the molecule is Cc1n[nH]c(C)c1[C@H](C)N(C)C(=O)c1cc(C(F)(F)F)ccc1Cl. The zero-order valence-corrected chi connectivity index (χ0v) is 14.4. The minimum atomic E-state index is -4.54. The summed E-state index contributed by atoms with van der Waals surface area (Å²) in [5.74, 6) is -0.585. The van der Waals surface area contributed by atoms with Gasteiger partial charge in [-0.15, -0.1) is 0 Å². The first-order valence-corrected chi connectivity index (χ1v) is 7.57. The van der Waals surface area contributed by atoms with Gasteiger partial charge in [-0.25, -0.2) is 0 Å². The molecule has 0 aliphatic carbocycles. The minimum Gasteiger partial charge on any atom is -0.335 e. The van der Waals surface area contributed by atoms with Gasteiger partial charge in [0.15, 0.2) is 0 Å². The van der Waals surface area contributed by atoms with Crippen LogP contribution in [0.2, 0.25) is 5.02 Å². The van der Waals surface area contributed by atoms with Crippen molar-refractivity contribution in [1.82, 2.24) is 15.1 Å². The Hall–Kier alpha value is -2.02. The lowest BCUT2D eigenvalue weighted by Crippen LogP contribution is -2.30. The molecule has 0 saturated heterocycles. The Morgan fingerprint density at radius 3 is 2.46 bits per heavy atom. The molecule has 0 bridgehead atoms. The molecule has 0 aliphatic rings. The number of carbonyl (C=O) groups is 1. The van der Waals surface area contributed by atoms with Gasteiger partial charge < -0.3 is 4.90 Å². The molecule has 1 amide bonds. The fraction of sp³-hybridized carbons (Fsp3) is 0.375. The summed E-state index contributed by atoms with van der Waals surface area (Å²) in [6, 6.07) is 2.35. The third kappa shape index (κ3) is 3.40. The van der Waals surface area contributed by atoms with E-state index in [2.05, 4.69) is 10.2 Å². The van der Waals surface area contributed by atoms with Crippen LogP contribution >= 0.6 is 11.6 Å². The van der Waals surface area contributed by atoms with Crippen molar-refractivity contribution in [2.24, 2.45) is 0 Å². The van der Waals surface area contributed by atoms with Crippen molar-refractivity contribution in [3.8, 4) is 0 Å². The molecule has 0 spiro atoms. The van der Waals surface area contributed by atoms with E-state index in [0.29, 0.717) is 0 Å². The van der Waals surface area contributed by atoms with Crippen molar-refractivity contribution < 1.29 is 18.0 Å². The second-order valence-corrected chi connectivity index (χ2v) is 6.04. The van der Waals surface area contributed by atoms with Gasteiger partial charge in [-0.2, -0.15) is 18.3 Å². The van der Waals surface area contributed by atoms with Crippen LogP contribution in [0.1, 0.15) is 45.8 Å². The Morgan fingerprint density at radius 1 is 1.33 bits per heavy atom. The molecule has 2 aromatic rings. The number of amides is 1. The van der Waals surface area contributed by atoms with Crippen LogP contribution in [0.25, 0.3) is 0 Å². The first-order chi connectivity index (χ1) is 11.0. The lowest BCUT2D eigenvalue weighted by molar-refractivity contribution is -0.137. The molecule has 0 aliphatic heterocycles. The smallest absolute Gasteiger partial charge is 0.335 e. The maximum Gasteiger partial charge on any atom is 0.416 e. The molecule has 0 saturated carbocycles. The predicted octanol–water partition coefficient (Wildman–Crippen LogP) is 4.53. The van der Waals surface area contributed by atoms with Crippen LogP contribution < -0.4 is 0 Å². The maximum absolute atomic E-state index is 12.9. The first-order valence-electron chi connectivity index (χ1n) is 7.19. The third-order valence-corrected chi connectivity index (χ3v) is 4.36. The molecular formula is C16H17ClF3N3O. The van der Waals surface area contributed by atoms with Gasteiger partial charge in [-0.05, 0) is 39.0 Å². The van der Waals surface area contributed by atoms with Gasteiger partial charge in [-0.3, -0.25) is 9.89 Å². The van der Waals surface area contributed by atoms with Crippen molar-refractivity contribution in [1.29, 1.82) is 0 Å². The quantitative estimate of drug-likeness (QED) is 0.875. The Bertz CT molecular complexity index is 751. The van der Waals surface area contributed by atoms with Crippen molar-refractivity contribution in [3.63, 3.8) is 0 Å². The summed E-state index contributed by atoms with van der Waals surface area (Å²) >= 11 is 5.94. The highest BCUT2D eigenvalue weighted by Crippen LogP contribution is 2.33. The molecule has 0 fully saturated rings. The average molecular weight is 360 g/mol. The zero-order valence-electron chi connectivity index (χ0n) is 13.6. The molecule has 1 heterocycles. The fourth-order valence-corrected chi connectivity index (χ4v) is 2.80. The monoisotopic (exact) mass is 359 g/mol. The normalized spacial score (nSPS) is 13.0. The van der Waals surface area contributed by atoms with E-state index in [1.54, 1.807) is 13.8 Å². The van der Waals surface area contributed by atoms with E-state index in [-0.39, 0.29) is 16.6 Å². The zero-order chi connectivity index (χ0) is 18.2. The second kappa shape index (κ2) is 6.47. The third-order valence-electron chi connectivity index (χ3n) is 4.03.